The lowest BCUT2D eigenvalue weighted by Gasteiger charge is -2.08. The number of halogens is 1. The molecular formula is C8H10ClNO2S. The van der Waals surface area contributed by atoms with Crippen LogP contribution in [0.3, 0.4) is 0 Å². The van der Waals surface area contributed by atoms with E-state index in [1.54, 1.807) is 25.6 Å². The SMILES string of the molecule is COCC(O)Sc1cncc(Cl)c1. The Kier molecular flexibility index (Phi) is 4.52. The van der Waals surface area contributed by atoms with Gasteiger partial charge in [-0.25, -0.2) is 0 Å². The van der Waals surface area contributed by atoms with E-state index in [-0.39, 0.29) is 6.61 Å². The summed E-state index contributed by atoms with van der Waals surface area (Å²) in [5.41, 5.74) is -0.578. The quantitative estimate of drug-likeness (QED) is 0.620. The molecule has 0 saturated carbocycles. The van der Waals surface area contributed by atoms with Crippen LogP contribution in [0.15, 0.2) is 23.4 Å². The van der Waals surface area contributed by atoms with Gasteiger partial charge in [0.25, 0.3) is 0 Å². The van der Waals surface area contributed by atoms with Crippen molar-refractivity contribution in [2.45, 2.75) is 10.3 Å². The zero-order chi connectivity index (χ0) is 9.68. The van der Waals surface area contributed by atoms with Crippen molar-refractivity contribution < 1.29 is 9.84 Å². The highest BCUT2D eigenvalue weighted by Gasteiger charge is 2.05. The van der Waals surface area contributed by atoms with Crippen LogP contribution < -0.4 is 0 Å². The third-order valence-electron chi connectivity index (χ3n) is 1.26. The standard InChI is InChI=1S/C8H10ClNO2S/c1-12-5-8(11)13-7-2-6(9)3-10-4-7/h2-4,8,11H,5H2,1H3. The van der Waals surface area contributed by atoms with Crippen LogP contribution in [-0.2, 0) is 4.74 Å². The van der Waals surface area contributed by atoms with Crippen molar-refractivity contribution in [2.75, 3.05) is 13.7 Å². The van der Waals surface area contributed by atoms with Crippen LogP contribution in [0.4, 0.5) is 0 Å². The maximum atomic E-state index is 9.36. The van der Waals surface area contributed by atoms with Crippen LogP contribution in [0.25, 0.3) is 0 Å². The molecule has 1 rings (SSSR count). The molecule has 1 aromatic heterocycles. The lowest BCUT2D eigenvalue weighted by Crippen LogP contribution is -2.08. The second-order valence-electron chi connectivity index (χ2n) is 2.37. The Morgan fingerprint density at radius 1 is 1.69 bits per heavy atom. The van der Waals surface area contributed by atoms with Crippen LogP contribution in [0, 0.1) is 0 Å². The molecule has 1 aromatic rings. The maximum Gasteiger partial charge on any atom is 0.127 e. The summed E-state index contributed by atoms with van der Waals surface area (Å²) >= 11 is 6.98. The first-order valence-corrected chi connectivity index (χ1v) is 4.92. The van der Waals surface area contributed by atoms with E-state index in [0.29, 0.717) is 5.02 Å². The number of nitrogens with zero attached hydrogens (tertiary/aromatic N) is 1. The number of rotatable bonds is 4. The van der Waals surface area contributed by atoms with Gasteiger partial charge in [0, 0.05) is 24.4 Å². The number of methoxy groups -OCH3 is 1. The van der Waals surface area contributed by atoms with E-state index in [2.05, 4.69) is 4.98 Å². The molecular weight excluding hydrogens is 210 g/mol. The van der Waals surface area contributed by atoms with Gasteiger partial charge in [-0.3, -0.25) is 4.98 Å². The number of hydrogen-bond donors (Lipinski definition) is 1. The Balaban J connectivity index is 2.53. The number of aromatic nitrogens is 1. The van der Waals surface area contributed by atoms with Crippen molar-refractivity contribution in [1.82, 2.24) is 4.98 Å². The van der Waals surface area contributed by atoms with Gasteiger partial charge in [0.15, 0.2) is 0 Å². The van der Waals surface area contributed by atoms with Gasteiger partial charge in [-0.2, -0.15) is 0 Å². The van der Waals surface area contributed by atoms with E-state index in [1.165, 1.54) is 11.8 Å². The predicted octanol–water partition coefficient (Wildman–Crippen LogP) is 1.79. The molecule has 13 heavy (non-hydrogen) atoms. The maximum absolute atomic E-state index is 9.36. The van der Waals surface area contributed by atoms with Crippen LogP contribution in [0.2, 0.25) is 5.02 Å². The minimum Gasteiger partial charge on any atom is -0.381 e. The Morgan fingerprint density at radius 2 is 2.46 bits per heavy atom. The number of aliphatic hydroxyl groups is 1. The van der Waals surface area contributed by atoms with Gasteiger partial charge in [-0.05, 0) is 6.07 Å². The van der Waals surface area contributed by atoms with E-state index in [0.717, 1.165) is 4.90 Å². The number of pyridine rings is 1. The van der Waals surface area contributed by atoms with E-state index in [4.69, 9.17) is 16.3 Å². The van der Waals surface area contributed by atoms with Crippen LogP contribution in [0.1, 0.15) is 0 Å². The summed E-state index contributed by atoms with van der Waals surface area (Å²) in [5, 5.41) is 9.93. The fourth-order valence-corrected chi connectivity index (χ4v) is 1.86. The Hall–Kier alpha value is -0.290. The molecule has 0 saturated heterocycles. The third kappa shape index (κ3) is 3.95. The highest BCUT2D eigenvalue weighted by molar-refractivity contribution is 7.99. The molecule has 0 amide bonds. The number of ether oxygens (including phenoxy) is 1. The minimum atomic E-state index is -0.578. The summed E-state index contributed by atoms with van der Waals surface area (Å²) in [5.74, 6) is 0. The fourth-order valence-electron chi connectivity index (χ4n) is 0.791. The second-order valence-corrected chi connectivity index (χ2v) is 4.05. The third-order valence-corrected chi connectivity index (χ3v) is 2.37. The molecule has 0 radical (unpaired) electrons. The first-order valence-electron chi connectivity index (χ1n) is 3.66. The van der Waals surface area contributed by atoms with Crippen molar-refractivity contribution in [3.63, 3.8) is 0 Å². The van der Waals surface area contributed by atoms with Crippen LogP contribution in [0.5, 0.6) is 0 Å². The normalized spacial score (nSPS) is 12.8. The van der Waals surface area contributed by atoms with Crippen molar-refractivity contribution in [2.24, 2.45) is 0 Å². The highest BCUT2D eigenvalue weighted by Crippen LogP contribution is 2.23. The van der Waals surface area contributed by atoms with Gasteiger partial charge in [0.2, 0.25) is 0 Å². The van der Waals surface area contributed by atoms with Crippen molar-refractivity contribution in [3.05, 3.63) is 23.5 Å². The molecule has 1 atom stereocenters. The topological polar surface area (TPSA) is 42.4 Å². The highest BCUT2D eigenvalue weighted by atomic mass is 35.5. The molecule has 0 aliphatic rings. The molecule has 1 heterocycles. The monoisotopic (exact) mass is 219 g/mol. The van der Waals surface area contributed by atoms with E-state index < -0.39 is 5.44 Å². The first-order chi connectivity index (χ1) is 6.22. The number of hydrogen-bond acceptors (Lipinski definition) is 4. The van der Waals surface area contributed by atoms with Gasteiger partial charge in [-0.1, -0.05) is 23.4 Å². The first kappa shape index (κ1) is 10.8. The van der Waals surface area contributed by atoms with E-state index in [1.807, 2.05) is 0 Å². The lowest BCUT2D eigenvalue weighted by atomic mass is 10.5. The molecule has 0 aliphatic heterocycles. The van der Waals surface area contributed by atoms with E-state index in [9.17, 15) is 5.11 Å². The van der Waals surface area contributed by atoms with Gasteiger partial charge in [0.1, 0.15) is 5.44 Å². The smallest absolute Gasteiger partial charge is 0.127 e. The zero-order valence-electron chi connectivity index (χ0n) is 7.11. The molecule has 0 aromatic carbocycles. The Morgan fingerprint density at radius 3 is 3.08 bits per heavy atom. The van der Waals surface area contributed by atoms with Crippen LogP contribution >= 0.6 is 23.4 Å². The summed E-state index contributed by atoms with van der Waals surface area (Å²) < 4.78 is 4.78. The van der Waals surface area contributed by atoms with E-state index >= 15 is 0 Å². The predicted molar refractivity (Wildman–Crippen MR) is 53.0 cm³/mol. The summed E-state index contributed by atoms with van der Waals surface area (Å²) in [4.78, 5) is 4.72. The second kappa shape index (κ2) is 5.44. The molecule has 3 nitrogen and oxygen atoms in total. The van der Waals surface area contributed by atoms with Crippen molar-refractivity contribution in [1.29, 1.82) is 0 Å². The largest absolute Gasteiger partial charge is 0.381 e. The van der Waals surface area contributed by atoms with Crippen LogP contribution in [-0.4, -0.2) is 29.2 Å². The molecule has 72 valence electrons. The number of aliphatic hydroxyl groups excluding tert-OH is 1. The molecule has 5 heteroatoms. The molecule has 0 aliphatic carbocycles. The summed E-state index contributed by atoms with van der Waals surface area (Å²) in [7, 11) is 1.54. The summed E-state index contributed by atoms with van der Waals surface area (Å²) in [6, 6.07) is 1.75. The van der Waals surface area contributed by atoms with Gasteiger partial charge >= 0.3 is 0 Å². The molecule has 1 unspecified atom stereocenters. The van der Waals surface area contributed by atoms with Crippen molar-refractivity contribution >= 4 is 23.4 Å². The average Bonchev–Trinajstić information content (AvgIpc) is 2.04. The van der Waals surface area contributed by atoms with Gasteiger partial charge < -0.3 is 9.84 Å². The lowest BCUT2D eigenvalue weighted by molar-refractivity contribution is 0.116. The molecule has 0 bridgehead atoms. The Bertz CT molecular complexity index is 272. The summed E-state index contributed by atoms with van der Waals surface area (Å²) in [6.45, 7) is 0.289. The van der Waals surface area contributed by atoms with Gasteiger partial charge in [-0.15, -0.1) is 0 Å². The zero-order valence-corrected chi connectivity index (χ0v) is 8.68. The number of thioether (sulfide) groups is 1. The van der Waals surface area contributed by atoms with Crippen molar-refractivity contribution in [3.8, 4) is 0 Å². The summed E-state index contributed by atoms with van der Waals surface area (Å²) in [6.07, 6.45) is 3.20. The Labute approximate surface area is 86.1 Å². The fraction of sp³-hybridized carbons (Fsp3) is 0.375. The molecule has 0 spiro atoms. The minimum absolute atomic E-state index is 0.289. The van der Waals surface area contributed by atoms with Gasteiger partial charge in [0.05, 0.1) is 11.6 Å². The molecule has 0 fully saturated rings. The average molecular weight is 220 g/mol. The molecule has 1 N–H and O–H groups in total.